The molecule has 0 aromatic heterocycles. The third-order valence-corrected chi connectivity index (χ3v) is 2.93. The Morgan fingerprint density at radius 3 is 2.40 bits per heavy atom. The molecule has 1 amide bonds. The van der Waals surface area contributed by atoms with Crippen molar-refractivity contribution in [3.63, 3.8) is 0 Å². The van der Waals surface area contributed by atoms with Gasteiger partial charge in [0.25, 0.3) is 0 Å². The molecule has 0 aromatic carbocycles. The molecule has 0 saturated heterocycles. The van der Waals surface area contributed by atoms with Crippen LogP contribution in [0.5, 0.6) is 0 Å². The van der Waals surface area contributed by atoms with Crippen LogP contribution in [0.2, 0.25) is 0 Å². The molecule has 1 atom stereocenters. The maximum absolute atomic E-state index is 11.7. The standard InChI is InChI=1S/C12H24N2O/c1-9(2)8-13-10(3)12(15)14-11-6-4-5-7-11/h9-11,13H,4-8H2,1-3H3,(H,14,15). The zero-order chi connectivity index (χ0) is 11.3. The lowest BCUT2D eigenvalue weighted by Crippen LogP contribution is -2.46. The summed E-state index contributed by atoms with van der Waals surface area (Å²) in [6.45, 7) is 7.13. The van der Waals surface area contributed by atoms with E-state index in [1.807, 2.05) is 6.92 Å². The van der Waals surface area contributed by atoms with E-state index in [0.717, 1.165) is 19.4 Å². The van der Waals surface area contributed by atoms with Gasteiger partial charge in [-0.05, 0) is 32.2 Å². The number of hydrogen-bond donors (Lipinski definition) is 2. The molecule has 1 fully saturated rings. The van der Waals surface area contributed by atoms with Gasteiger partial charge in [0.1, 0.15) is 0 Å². The zero-order valence-electron chi connectivity index (χ0n) is 10.2. The van der Waals surface area contributed by atoms with Gasteiger partial charge in [-0.15, -0.1) is 0 Å². The van der Waals surface area contributed by atoms with Gasteiger partial charge in [-0.25, -0.2) is 0 Å². The highest BCUT2D eigenvalue weighted by atomic mass is 16.2. The van der Waals surface area contributed by atoms with Crippen molar-refractivity contribution in [2.45, 2.75) is 58.5 Å². The van der Waals surface area contributed by atoms with Crippen LogP contribution in [0, 0.1) is 5.92 Å². The topological polar surface area (TPSA) is 41.1 Å². The van der Waals surface area contributed by atoms with Gasteiger partial charge in [-0.1, -0.05) is 26.7 Å². The fraction of sp³-hybridized carbons (Fsp3) is 0.917. The molecule has 1 aliphatic carbocycles. The van der Waals surface area contributed by atoms with Crippen LogP contribution in [0.1, 0.15) is 46.5 Å². The van der Waals surface area contributed by atoms with Crippen molar-refractivity contribution >= 4 is 5.91 Å². The summed E-state index contributed by atoms with van der Waals surface area (Å²) >= 11 is 0. The fourth-order valence-electron chi connectivity index (χ4n) is 1.90. The summed E-state index contributed by atoms with van der Waals surface area (Å²) in [4.78, 5) is 11.7. The van der Waals surface area contributed by atoms with E-state index in [1.54, 1.807) is 0 Å². The van der Waals surface area contributed by atoms with Crippen molar-refractivity contribution < 1.29 is 4.79 Å². The minimum absolute atomic E-state index is 0.0620. The number of carbonyl (C=O) groups excluding carboxylic acids is 1. The Balaban J connectivity index is 2.20. The average Bonchev–Trinajstić information content (AvgIpc) is 2.66. The number of nitrogens with one attached hydrogen (secondary N) is 2. The van der Waals surface area contributed by atoms with Crippen molar-refractivity contribution in [2.75, 3.05) is 6.54 Å². The lowest BCUT2D eigenvalue weighted by molar-refractivity contribution is -0.123. The predicted octanol–water partition coefficient (Wildman–Crippen LogP) is 1.68. The van der Waals surface area contributed by atoms with Crippen LogP contribution >= 0.6 is 0 Å². The Morgan fingerprint density at radius 1 is 1.27 bits per heavy atom. The minimum Gasteiger partial charge on any atom is -0.352 e. The van der Waals surface area contributed by atoms with Crippen LogP contribution in [-0.2, 0) is 4.79 Å². The summed E-state index contributed by atoms with van der Waals surface area (Å²) in [5.74, 6) is 0.745. The molecule has 1 rings (SSSR count). The molecule has 0 heterocycles. The molecule has 1 unspecified atom stereocenters. The van der Waals surface area contributed by atoms with Gasteiger partial charge >= 0.3 is 0 Å². The highest BCUT2D eigenvalue weighted by Crippen LogP contribution is 2.17. The number of rotatable bonds is 5. The molecule has 0 radical (unpaired) electrons. The Bertz CT molecular complexity index is 198. The third kappa shape index (κ3) is 4.65. The first-order chi connectivity index (χ1) is 7.09. The fourth-order valence-corrected chi connectivity index (χ4v) is 1.90. The van der Waals surface area contributed by atoms with Crippen LogP contribution in [0.15, 0.2) is 0 Å². The van der Waals surface area contributed by atoms with E-state index in [1.165, 1.54) is 12.8 Å². The van der Waals surface area contributed by atoms with Crippen molar-refractivity contribution in [1.82, 2.24) is 10.6 Å². The molecule has 2 N–H and O–H groups in total. The van der Waals surface area contributed by atoms with Gasteiger partial charge in [0.2, 0.25) is 5.91 Å². The van der Waals surface area contributed by atoms with Gasteiger partial charge in [-0.3, -0.25) is 4.79 Å². The Kier molecular flexibility index (Phi) is 5.09. The van der Waals surface area contributed by atoms with Crippen LogP contribution < -0.4 is 10.6 Å². The largest absolute Gasteiger partial charge is 0.352 e. The molecule has 15 heavy (non-hydrogen) atoms. The van der Waals surface area contributed by atoms with Gasteiger partial charge in [0.05, 0.1) is 6.04 Å². The molecular weight excluding hydrogens is 188 g/mol. The van der Waals surface area contributed by atoms with E-state index in [4.69, 9.17) is 0 Å². The zero-order valence-corrected chi connectivity index (χ0v) is 10.2. The summed E-state index contributed by atoms with van der Waals surface area (Å²) in [6, 6.07) is 0.369. The number of carbonyl (C=O) groups is 1. The Morgan fingerprint density at radius 2 is 1.87 bits per heavy atom. The maximum atomic E-state index is 11.7. The van der Waals surface area contributed by atoms with Crippen LogP contribution in [0.25, 0.3) is 0 Å². The van der Waals surface area contributed by atoms with E-state index >= 15 is 0 Å². The molecule has 1 aliphatic rings. The Labute approximate surface area is 93.0 Å². The molecule has 1 saturated carbocycles. The smallest absolute Gasteiger partial charge is 0.237 e. The first-order valence-electron chi connectivity index (χ1n) is 6.13. The summed E-state index contributed by atoms with van der Waals surface area (Å²) in [7, 11) is 0. The van der Waals surface area contributed by atoms with Crippen molar-refractivity contribution in [3.05, 3.63) is 0 Å². The molecular formula is C12H24N2O. The normalized spacial score (nSPS) is 19.5. The number of amides is 1. The van der Waals surface area contributed by atoms with E-state index < -0.39 is 0 Å². The molecule has 0 bridgehead atoms. The van der Waals surface area contributed by atoms with Gasteiger partial charge in [0, 0.05) is 6.04 Å². The summed E-state index contributed by atoms with van der Waals surface area (Å²) < 4.78 is 0. The van der Waals surface area contributed by atoms with Crippen molar-refractivity contribution in [2.24, 2.45) is 5.92 Å². The average molecular weight is 212 g/mol. The van der Waals surface area contributed by atoms with Crippen LogP contribution in [-0.4, -0.2) is 24.5 Å². The second kappa shape index (κ2) is 6.11. The summed E-state index contributed by atoms with van der Waals surface area (Å²) in [5.41, 5.74) is 0. The van der Waals surface area contributed by atoms with E-state index in [9.17, 15) is 4.79 Å². The molecule has 3 nitrogen and oxygen atoms in total. The SMILES string of the molecule is CC(C)CNC(C)C(=O)NC1CCCC1. The third-order valence-electron chi connectivity index (χ3n) is 2.93. The lowest BCUT2D eigenvalue weighted by atomic mass is 10.2. The van der Waals surface area contributed by atoms with Gasteiger partial charge in [0.15, 0.2) is 0 Å². The minimum atomic E-state index is -0.0620. The molecule has 0 spiro atoms. The molecule has 0 aromatic rings. The first-order valence-corrected chi connectivity index (χ1v) is 6.13. The van der Waals surface area contributed by atoms with Gasteiger partial charge < -0.3 is 10.6 Å². The lowest BCUT2D eigenvalue weighted by Gasteiger charge is -2.18. The summed E-state index contributed by atoms with van der Waals surface area (Å²) in [6.07, 6.45) is 4.84. The molecule has 3 heteroatoms. The first kappa shape index (κ1) is 12.5. The Hall–Kier alpha value is -0.570. The van der Waals surface area contributed by atoms with Gasteiger partial charge in [-0.2, -0.15) is 0 Å². The highest BCUT2D eigenvalue weighted by Gasteiger charge is 2.20. The molecule has 88 valence electrons. The maximum Gasteiger partial charge on any atom is 0.237 e. The second-order valence-corrected chi connectivity index (χ2v) is 5.01. The quantitative estimate of drug-likeness (QED) is 0.728. The predicted molar refractivity (Wildman–Crippen MR) is 62.7 cm³/mol. The van der Waals surface area contributed by atoms with E-state index in [0.29, 0.717) is 12.0 Å². The molecule has 0 aliphatic heterocycles. The summed E-state index contributed by atoms with van der Waals surface area (Å²) in [5, 5.41) is 6.34. The van der Waals surface area contributed by atoms with Crippen LogP contribution in [0.3, 0.4) is 0 Å². The van der Waals surface area contributed by atoms with E-state index in [2.05, 4.69) is 24.5 Å². The van der Waals surface area contributed by atoms with Crippen molar-refractivity contribution in [1.29, 1.82) is 0 Å². The second-order valence-electron chi connectivity index (χ2n) is 5.01. The highest BCUT2D eigenvalue weighted by molar-refractivity contribution is 5.81. The van der Waals surface area contributed by atoms with E-state index in [-0.39, 0.29) is 11.9 Å². The monoisotopic (exact) mass is 212 g/mol. The number of hydrogen-bond acceptors (Lipinski definition) is 2. The van der Waals surface area contributed by atoms with Crippen LogP contribution in [0.4, 0.5) is 0 Å². The van der Waals surface area contributed by atoms with Crippen molar-refractivity contribution in [3.8, 4) is 0 Å².